The molecule has 1 aromatic carbocycles. The van der Waals surface area contributed by atoms with Crippen LogP contribution in [0.4, 0.5) is 10.2 Å². The second kappa shape index (κ2) is 5.25. The van der Waals surface area contributed by atoms with Crippen LogP contribution in [0.15, 0.2) is 36.8 Å². The van der Waals surface area contributed by atoms with E-state index in [1.807, 2.05) is 10.6 Å². The number of rotatable bonds is 2. The van der Waals surface area contributed by atoms with Crippen molar-refractivity contribution in [3.05, 3.63) is 47.6 Å². The molecular formula is C16H14ClFN4. The minimum absolute atomic E-state index is 0.355. The Kier molecular flexibility index (Phi) is 3.22. The first-order chi connectivity index (χ1) is 10.7. The zero-order valence-electron chi connectivity index (χ0n) is 11.8. The Morgan fingerprint density at radius 2 is 1.91 bits per heavy atom. The molecule has 0 atom stereocenters. The van der Waals surface area contributed by atoms with Crippen molar-refractivity contribution in [1.29, 1.82) is 0 Å². The number of halogens is 2. The molecular weight excluding hydrogens is 303 g/mol. The van der Waals surface area contributed by atoms with E-state index in [2.05, 4.69) is 14.9 Å². The van der Waals surface area contributed by atoms with E-state index in [4.69, 9.17) is 11.6 Å². The van der Waals surface area contributed by atoms with Crippen LogP contribution >= 0.6 is 11.6 Å². The summed E-state index contributed by atoms with van der Waals surface area (Å²) in [7, 11) is 0. The molecule has 1 aliphatic heterocycles. The number of aromatic nitrogens is 3. The molecule has 112 valence electrons. The van der Waals surface area contributed by atoms with E-state index in [-0.39, 0.29) is 5.82 Å². The molecule has 1 fully saturated rings. The van der Waals surface area contributed by atoms with E-state index in [1.54, 1.807) is 18.5 Å². The van der Waals surface area contributed by atoms with Gasteiger partial charge in [-0.25, -0.2) is 14.4 Å². The van der Waals surface area contributed by atoms with Crippen molar-refractivity contribution >= 4 is 23.1 Å². The van der Waals surface area contributed by atoms with E-state index >= 15 is 0 Å². The smallest absolute Gasteiger partial charge is 0.180 e. The van der Waals surface area contributed by atoms with Gasteiger partial charge in [-0.1, -0.05) is 11.6 Å². The maximum Gasteiger partial charge on any atom is 0.180 e. The van der Waals surface area contributed by atoms with Crippen LogP contribution in [0.5, 0.6) is 0 Å². The molecule has 2 aromatic heterocycles. The predicted octanol–water partition coefficient (Wildman–Crippen LogP) is 3.79. The number of fused-ring (bicyclic) bond motifs is 1. The molecule has 0 saturated carbocycles. The first-order valence-corrected chi connectivity index (χ1v) is 7.64. The number of hydrogen-bond acceptors (Lipinski definition) is 3. The minimum atomic E-state index is -0.355. The van der Waals surface area contributed by atoms with Crippen molar-refractivity contribution in [3.8, 4) is 11.3 Å². The van der Waals surface area contributed by atoms with Gasteiger partial charge in [0.15, 0.2) is 11.5 Å². The average Bonchev–Trinajstić information content (AvgIpc) is 3.15. The lowest BCUT2D eigenvalue weighted by molar-refractivity contribution is 0.628. The fourth-order valence-corrected chi connectivity index (χ4v) is 3.19. The maximum atomic E-state index is 13.6. The van der Waals surface area contributed by atoms with Gasteiger partial charge in [-0.3, -0.25) is 4.40 Å². The highest BCUT2D eigenvalue weighted by Gasteiger charge is 2.19. The number of imidazole rings is 1. The van der Waals surface area contributed by atoms with Crippen molar-refractivity contribution in [2.45, 2.75) is 12.8 Å². The predicted molar refractivity (Wildman–Crippen MR) is 84.8 cm³/mol. The molecule has 22 heavy (non-hydrogen) atoms. The van der Waals surface area contributed by atoms with Crippen molar-refractivity contribution < 1.29 is 4.39 Å². The first-order valence-electron chi connectivity index (χ1n) is 7.26. The maximum absolute atomic E-state index is 13.6. The van der Waals surface area contributed by atoms with Crippen molar-refractivity contribution in [1.82, 2.24) is 14.4 Å². The summed E-state index contributed by atoms with van der Waals surface area (Å²) in [5, 5.41) is 0.374. The van der Waals surface area contributed by atoms with Gasteiger partial charge in [0, 0.05) is 36.1 Å². The molecule has 3 aromatic rings. The van der Waals surface area contributed by atoms with E-state index in [0.717, 1.165) is 30.2 Å². The zero-order valence-corrected chi connectivity index (χ0v) is 12.6. The third-order valence-electron chi connectivity index (χ3n) is 3.97. The number of hydrogen-bond donors (Lipinski definition) is 0. The lowest BCUT2D eigenvalue weighted by atomic mass is 10.1. The third-order valence-corrected chi connectivity index (χ3v) is 4.19. The van der Waals surface area contributed by atoms with Crippen molar-refractivity contribution in [2.24, 2.45) is 0 Å². The average molecular weight is 317 g/mol. The molecule has 0 spiro atoms. The van der Waals surface area contributed by atoms with Gasteiger partial charge < -0.3 is 4.90 Å². The number of anilines is 1. The fraction of sp³-hybridized carbons (Fsp3) is 0.250. The van der Waals surface area contributed by atoms with Crippen LogP contribution in [0.2, 0.25) is 5.02 Å². The van der Waals surface area contributed by atoms with Crippen LogP contribution in [-0.2, 0) is 0 Å². The second-order valence-corrected chi connectivity index (χ2v) is 5.88. The van der Waals surface area contributed by atoms with Crippen LogP contribution in [-0.4, -0.2) is 27.5 Å². The summed E-state index contributed by atoms with van der Waals surface area (Å²) in [6.45, 7) is 2.00. The van der Waals surface area contributed by atoms with Crippen molar-refractivity contribution in [2.75, 3.05) is 18.0 Å². The summed E-state index contributed by atoms with van der Waals surface area (Å²) in [6, 6.07) is 4.50. The highest BCUT2D eigenvalue weighted by Crippen LogP contribution is 2.28. The van der Waals surface area contributed by atoms with Gasteiger partial charge in [0.2, 0.25) is 0 Å². The number of nitrogens with zero attached hydrogens (tertiary/aromatic N) is 4. The first kappa shape index (κ1) is 13.5. The van der Waals surface area contributed by atoms with Gasteiger partial charge in [-0.15, -0.1) is 0 Å². The normalized spacial score (nSPS) is 14.9. The molecule has 3 heterocycles. The molecule has 0 radical (unpaired) electrons. The van der Waals surface area contributed by atoms with Gasteiger partial charge in [0.25, 0.3) is 0 Å². The van der Waals surface area contributed by atoms with Gasteiger partial charge in [-0.2, -0.15) is 0 Å². The molecule has 0 aliphatic carbocycles. The summed E-state index contributed by atoms with van der Waals surface area (Å²) >= 11 is 5.96. The highest BCUT2D eigenvalue weighted by atomic mass is 35.5. The second-order valence-electron chi connectivity index (χ2n) is 5.44. The van der Waals surface area contributed by atoms with Crippen molar-refractivity contribution in [3.63, 3.8) is 0 Å². The van der Waals surface area contributed by atoms with Crippen LogP contribution in [0.1, 0.15) is 12.8 Å². The van der Waals surface area contributed by atoms with Crippen LogP contribution in [0, 0.1) is 5.82 Å². The molecule has 4 nitrogen and oxygen atoms in total. The van der Waals surface area contributed by atoms with E-state index in [9.17, 15) is 4.39 Å². The Morgan fingerprint density at radius 3 is 2.68 bits per heavy atom. The van der Waals surface area contributed by atoms with Gasteiger partial charge in [0.05, 0.1) is 11.9 Å². The Balaban J connectivity index is 1.88. The minimum Gasteiger partial charge on any atom is -0.354 e. The van der Waals surface area contributed by atoms with E-state index < -0.39 is 0 Å². The molecule has 0 bridgehead atoms. The van der Waals surface area contributed by atoms with Gasteiger partial charge in [0.1, 0.15) is 5.82 Å². The Bertz CT molecular complexity index is 819. The molecule has 6 heteroatoms. The number of benzene rings is 1. The van der Waals surface area contributed by atoms with Crippen LogP contribution < -0.4 is 4.90 Å². The summed E-state index contributed by atoms with van der Waals surface area (Å²) in [4.78, 5) is 11.2. The van der Waals surface area contributed by atoms with E-state index in [1.165, 1.54) is 25.0 Å². The molecule has 0 N–H and O–H groups in total. The van der Waals surface area contributed by atoms with Gasteiger partial charge in [-0.05, 0) is 31.0 Å². The fourth-order valence-electron chi connectivity index (χ4n) is 2.97. The highest BCUT2D eigenvalue weighted by molar-refractivity contribution is 6.30. The zero-order chi connectivity index (χ0) is 15.1. The summed E-state index contributed by atoms with van der Waals surface area (Å²) < 4.78 is 15.5. The lowest BCUT2D eigenvalue weighted by Crippen LogP contribution is -2.19. The van der Waals surface area contributed by atoms with Gasteiger partial charge >= 0.3 is 0 Å². The quantitative estimate of drug-likeness (QED) is 0.721. The molecule has 1 saturated heterocycles. The third kappa shape index (κ3) is 2.22. The SMILES string of the molecule is Fc1cc(Cl)cc(-c2cnc3c(N4CCCC4)nccn23)c1. The Hall–Kier alpha value is -2.14. The summed E-state index contributed by atoms with van der Waals surface area (Å²) in [6.07, 6.45) is 7.69. The molecule has 0 amide bonds. The molecule has 4 rings (SSSR count). The largest absolute Gasteiger partial charge is 0.354 e. The van der Waals surface area contributed by atoms with E-state index in [0.29, 0.717) is 10.6 Å². The van der Waals surface area contributed by atoms with Crippen LogP contribution in [0.3, 0.4) is 0 Å². The Morgan fingerprint density at radius 1 is 1.09 bits per heavy atom. The standard InChI is InChI=1S/C16H14ClFN4/c17-12-7-11(8-13(18)9-12)14-10-20-16-15(19-3-6-22(14)16)21-4-1-2-5-21/h3,6-10H,1-2,4-5H2. The lowest BCUT2D eigenvalue weighted by Gasteiger charge is -2.16. The van der Waals surface area contributed by atoms with Crippen LogP contribution in [0.25, 0.3) is 16.9 Å². The summed E-state index contributed by atoms with van der Waals surface area (Å²) in [5.74, 6) is 0.528. The molecule has 1 aliphatic rings. The monoisotopic (exact) mass is 316 g/mol. The topological polar surface area (TPSA) is 33.4 Å². The molecule has 0 unspecified atom stereocenters. The Labute approximate surface area is 132 Å². The summed E-state index contributed by atoms with van der Waals surface area (Å²) in [5.41, 5.74) is 2.30.